The lowest BCUT2D eigenvalue weighted by molar-refractivity contribution is 0.373. The van der Waals surface area contributed by atoms with Crippen LogP contribution in [0, 0.1) is 0 Å². The normalized spacial score (nSPS) is 11.3. The van der Waals surface area contributed by atoms with Gasteiger partial charge in [-0.05, 0) is 47.5 Å². The Morgan fingerprint density at radius 1 is 0.741 bits per heavy atom. The minimum absolute atomic E-state index is 0.0747. The zero-order valence-electron chi connectivity index (χ0n) is 14.8. The summed E-state index contributed by atoms with van der Waals surface area (Å²) in [4.78, 5) is 0. The number of phenols is 2. The number of aromatic hydroxyl groups is 2. The number of benzene rings is 2. The molecule has 0 bridgehead atoms. The van der Waals surface area contributed by atoms with Gasteiger partial charge in [0.15, 0.2) is 23.0 Å². The Kier molecular flexibility index (Phi) is 5.41. The van der Waals surface area contributed by atoms with Gasteiger partial charge in [-0.3, -0.25) is 0 Å². The molecular formula is C20H18N2O5. The summed E-state index contributed by atoms with van der Waals surface area (Å²) in [6.45, 7) is 0. The summed E-state index contributed by atoms with van der Waals surface area (Å²) < 4.78 is 15.7. The summed E-state index contributed by atoms with van der Waals surface area (Å²) >= 11 is 0. The number of rotatable bonds is 6. The van der Waals surface area contributed by atoms with Crippen LogP contribution in [0.15, 0.2) is 40.8 Å². The molecule has 1 heterocycles. The SMILES string of the molecule is COc1cc(/C=C/c2nnc(/C=C/c3ccc(O)c(OC)c3)o2)ccc1O. The topological polar surface area (TPSA) is 97.8 Å². The second-order valence-corrected chi connectivity index (χ2v) is 5.51. The number of methoxy groups -OCH3 is 2. The zero-order valence-corrected chi connectivity index (χ0v) is 14.8. The molecule has 138 valence electrons. The summed E-state index contributed by atoms with van der Waals surface area (Å²) in [5.74, 6) is 1.60. The van der Waals surface area contributed by atoms with E-state index in [-0.39, 0.29) is 11.5 Å². The molecule has 0 radical (unpaired) electrons. The molecule has 0 aliphatic rings. The van der Waals surface area contributed by atoms with E-state index in [2.05, 4.69) is 10.2 Å². The van der Waals surface area contributed by atoms with Gasteiger partial charge in [-0.2, -0.15) is 0 Å². The fraction of sp³-hybridized carbons (Fsp3) is 0.100. The van der Waals surface area contributed by atoms with E-state index >= 15 is 0 Å². The highest BCUT2D eigenvalue weighted by Gasteiger charge is 2.04. The molecule has 1 aromatic heterocycles. The molecule has 0 atom stereocenters. The fourth-order valence-corrected chi connectivity index (χ4v) is 2.31. The summed E-state index contributed by atoms with van der Waals surface area (Å²) in [7, 11) is 2.98. The molecule has 0 spiro atoms. The van der Waals surface area contributed by atoms with E-state index in [9.17, 15) is 10.2 Å². The van der Waals surface area contributed by atoms with Crippen molar-refractivity contribution in [3.63, 3.8) is 0 Å². The van der Waals surface area contributed by atoms with E-state index in [1.807, 2.05) is 0 Å². The standard InChI is InChI=1S/C20H18N2O5/c1-25-17-11-13(3-7-15(17)23)5-9-19-21-22-20(27-19)10-6-14-4-8-16(24)18(12-14)26-2/h3-12,23-24H,1-2H3/b9-5+,10-6+. The van der Waals surface area contributed by atoms with E-state index in [1.54, 1.807) is 60.7 Å². The van der Waals surface area contributed by atoms with Gasteiger partial charge in [0, 0.05) is 12.2 Å². The maximum absolute atomic E-state index is 9.61. The molecule has 2 N–H and O–H groups in total. The molecule has 2 aromatic carbocycles. The Morgan fingerprint density at radius 3 is 1.59 bits per heavy atom. The van der Waals surface area contributed by atoms with Gasteiger partial charge in [-0.25, -0.2) is 0 Å². The van der Waals surface area contributed by atoms with Crippen molar-refractivity contribution in [2.75, 3.05) is 14.2 Å². The molecule has 0 unspecified atom stereocenters. The van der Waals surface area contributed by atoms with Crippen LogP contribution >= 0.6 is 0 Å². The molecule has 0 amide bonds. The first kappa shape index (κ1) is 18.1. The van der Waals surface area contributed by atoms with Crippen LogP contribution in [0.3, 0.4) is 0 Å². The fourth-order valence-electron chi connectivity index (χ4n) is 2.31. The summed E-state index contributed by atoms with van der Waals surface area (Å²) in [6.07, 6.45) is 6.88. The smallest absolute Gasteiger partial charge is 0.240 e. The van der Waals surface area contributed by atoms with Crippen LogP contribution in [0.5, 0.6) is 23.0 Å². The van der Waals surface area contributed by atoms with Crippen LogP contribution in [0.4, 0.5) is 0 Å². The van der Waals surface area contributed by atoms with Crippen molar-refractivity contribution in [2.24, 2.45) is 0 Å². The Bertz CT molecular complexity index is 914. The van der Waals surface area contributed by atoms with Crippen LogP contribution in [-0.4, -0.2) is 34.6 Å². The lowest BCUT2D eigenvalue weighted by atomic mass is 10.2. The van der Waals surface area contributed by atoms with Crippen molar-refractivity contribution in [1.29, 1.82) is 0 Å². The summed E-state index contributed by atoms with van der Waals surface area (Å²) in [5.41, 5.74) is 1.63. The Labute approximate surface area is 155 Å². The maximum Gasteiger partial charge on any atom is 0.240 e. The number of nitrogens with zero attached hydrogens (tertiary/aromatic N) is 2. The monoisotopic (exact) mass is 366 g/mol. The minimum Gasteiger partial charge on any atom is -0.504 e. The van der Waals surface area contributed by atoms with Gasteiger partial charge in [0.25, 0.3) is 0 Å². The van der Waals surface area contributed by atoms with Crippen molar-refractivity contribution in [3.8, 4) is 23.0 Å². The van der Waals surface area contributed by atoms with Gasteiger partial charge in [-0.15, -0.1) is 10.2 Å². The molecule has 0 aliphatic heterocycles. The minimum atomic E-state index is 0.0747. The Hall–Kier alpha value is -3.74. The van der Waals surface area contributed by atoms with Crippen molar-refractivity contribution in [1.82, 2.24) is 10.2 Å². The molecule has 3 rings (SSSR count). The number of ether oxygens (including phenoxy) is 2. The third kappa shape index (κ3) is 4.46. The van der Waals surface area contributed by atoms with Gasteiger partial charge in [0.1, 0.15) is 0 Å². The second-order valence-electron chi connectivity index (χ2n) is 5.51. The average molecular weight is 366 g/mol. The van der Waals surface area contributed by atoms with E-state index in [4.69, 9.17) is 13.9 Å². The van der Waals surface area contributed by atoms with Crippen LogP contribution in [-0.2, 0) is 0 Å². The molecule has 0 saturated carbocycles. The van der Waals surface area contributed by atoms with Crippen molar-refractivity contribution >= 4 is 24.3 Å². The zero-order chi connectivity index (χ0) is 19.2. The molecule has 0 fully saturated rings. The maximum atomic E-state index is 9.61. The van der Waals surface area contributed by atoms with Crippen LogP contribution in [0.2, 0.25) is 0 Å². The quantitative estimate of drug-likeness (QED) is 0.684. The third-order valence-electron chi connectivity index (χ3n) is 3.70. The van der Waals surface area contributed by atoms with Crippen molar-refractivity contribution < 1.29 is 24.1 Å². The predicted molar refractivity (Wildman–Crippen MR) is 101 cm³/mol. The largest absolute Gasteiger partial charge is 0.504 e. The van der Waals surface area contributed by atoms with E-state index in [1.165, 1.54) is 14.2 Å². The van der Waals surface area contributed by atoms with Gasteiger partial charge in [0.2, 0.25) is 11.8 Å². The van der Waals surface area contributed by atoms with Crippen LogP contribution < -0.4 is 9.47 Å². The molecule has 0 saturated heterocycles. The van der Waals surface area contributed by atoms with Crippen LogP contribution in [0.25, 0.3) is 24.3 Å². The van der Waals surface area contributed by atoms with Gasteiger partial charge >= 0.3 is 0 Å². The highest BCUT2D eigenvalue weighted by Crippen LogP contribution is 2.28. The summed E-state index contributed by atoms with van der Waals surface area (Å²) in [5, 5.41) is 27.1. The van der Waals surface area contributed by atoms with Gasteiger partial charge in [-0.1, -0.05) is 12.1 Å². The number of hydrogen-bond acceptors (Lipinski definition) is 7. The summed E-state index contributed by atoms with van der Waals surface area (Å²) in [6, 6.07) is 9.97. The van der Waals surface area contributed by atoms with Crippen molar-refractivity contribution in [3.05, 3.63) is 59.3 Å². The first-order chi connectivity index (χ1) is 13.1. The number of aromatic nitrogens is 2. The molecular weight excluding hydrogens is 348 g/mol. The first-order valence-corrected chi connectivity index (χ1v) is 8.02. The lowest BCUT2D eigenvalue weighted by Crippen LogP contribution is -1.84. The molecule has 27 heavy (non-hydrogen) atoms. The first-order valence-electron chi connectivity index (χ1n) is 8.02. The molecule has 7 heteroatoms. The average Bonchev–Trinajstić information content (AvgIpc) is 3.14. The second kappa shape index (κ2) is 8.09. The number of hydrogen-bond donors (Lipinski definition) is 2. The van der Waals surface area contributed by atoms with E-state index < -0.39 is 0 Å². The molecule has 7 nitrogen and oxygen atoms in total. The van der Waals surface area contributed by atoms with E-state index in [0.29, 0.717) is 23.3 Å². The van der Waals surface area contributed by atoms with Gasteiger partial charge in [0.05, 0.1) is 14.2 Å². The van der Waals surface area contributed by atoms with E-state index in [0.717, 1.165) is 11.1 Å². The lowest BCUT2D eigenvalue weighted by Gasteiger charge is -2.03. The van der Waals surface area contributed by atoms with Crippen LogP contribution in [0.1, 0.15) is 22.9 Å². The van der Waals surface area contributed by atoms with Gasteiger partial charge < -0.3 is 24.1 Å². The highest BCUT2D eigenvalue weighted by atomic mass is 16.5. The van der Waals surface area contributed by atoms with Crippen molar-refractivity contribution in [2.45, 2.75) is 0 Å². The Balaban J connectivity index is 1.71. The predicted octanol–water partition coefficient (Wildman–Crippen LogP) is 3.84. The molecule has 3 aromatic rings. The Morgan fingerprint density at radius 2 is 1.19 bits per heavy atom. The highest BCUT2D eigenvalue weighted by molar-refractivity contribution is 5.69. The molecule has 0 aliphatic carbocycles. The third-order valence-corrected chi connectivity index (χ3v) is 3.70. The number of phenolic OH excluding ortho intramolecular Hbond substituents is 2.